The number of ether oxygens (including phenoxy) is 1. The molecule has 4 unspecified atom stereocenters. The van der Waals surface area contributed by atoms with Crippen molar-refractivity contribution in [3.8, 4) is 12.8 Å². The van der Waals surface area contributed by atoms with E-state index in [1.165, 1.54) is 10.5 Å². The van der Waals surface area contributed by atoms with Gasteiger partial charge in [-0.2, -0.15) is 10.0 Å². The van der Waals surface area contributed by atoms with Gasteiger partial charge < -0.3 is 19.7 Å². The largest absolute Gasteiger partial charge is 0.395 e. The second-order valence-electron chi connectivity index (χ2n) is 13.8. The molecule has 0 aromatic carbocycles. The number of hydrogen-bond donors (Lipinski definition) is 1. The summed E-state index contributed by atoms with van der Waals surface area (Å²) < 4.78 is 20.2. The van der Waals surface area contributed by atoms with Gasteiger partial charge in [0.2, 0.25) is 5.79 Å². The highest BCUT2D eigenvalue weighted by Gasteiger charge is 2.49. The van der Waals surface area contributed by atoms with Crippen molar-refractivity contribution >= 4 is 39.2 Å². The maximum absolute atomic E-state index is 13.0. The molecule has 1 N–H and O–H groups in total. The van der Waals surface area contributed by atoms with Gasteiger partial charge in [0, 0.05) is 31.6 Å². The molecule has 1 heterocycles. The molecule has 1 aromatic heterocycles. The number of aliphatic hydroxyl groups is 1. The van der Waals surface area contributed by atoms with Crippen molar-refractivity contribution in [3.05, 3.63) is 32.4 Å². The summed E-state index contributed by atoms with van der Waals surface area (Å²) in [5, 5.41) is 21.8. The Kier molecular flexibility index (Phi) is 24.6. The summed E-state index contributed by atoms with van der Waals surface area (Å²) >= 11 is 5.22. The summed E-state index contributed by atoms with van der Waals surface area (Å²) in [6.45, 7) is 20.7. The van der Waals surface area contributed by atoms with Crippen LogP contribution in [0.25, 0.3) is 0 Å². The Morgan fingerprint density at radius 2 is 1.86 bits per heavy atom. The predicted molar refractivity (Wildman–Crippen MR) is 213 cm³/mol. The molecular formula is C39H69BrFN3O4S. The van der Waals surface area contributed by atoms with Crippen molar-refractivity contribution in [2.45, 2.75) is 146 Å². The number of nitrogens with zero attached hydrogens (tertiary/aromatic N) is 3. The Morgan fingerprint density at radius 1 is 1.22 bits per heavy atom. The van der Waals surface area contributed by atoms with E-state index in [1.807, 2.05) is 34.9 Å². The van der Waals surface area contributed by atoms with Crippen LogP contribution < -0.4 is 0 Å². The highest BCUT2D eigenvalue weighted by molar-refractivity contribution is 9.11. The number of aliphatic hydroxyl groups excluding tert-OH is 1. The second-order valence-corrected chi connectivity index (χ2v) is 16.3. The lowest BCUT2D eigenvalue weighted by molar-refractivity contribution is -0.348. The molecule has 0 amide bonds. The fourth-order valence-corrected chi connectivity index (χ4v) is 8.38. The summed E-state index contributed by atoms with van der Waals surface area (Å²) in [5.41, 5.74) is 1.84. The van der Waals surface area contributed by atoms with Gasteiger partial charge in [0.1, 0.15) is 6.61 Å². The van der Waals surface area contributed by atoms with Gasteiger partial charge in [-0.25, -0.2) is 0 Å². The quantitative estimate of drug-likeness (QED) is 0.0710. The smallest absolute Gasteiger partial charge is 0.201 e. The minimum atomic E-state index is -1.28. The molecule has 7 nitrogen and oxygen atoms in total. The number of rotatable bonds is 13. The Bertz CT molecular complexity index is 1150. The van der Waals surface area contributed by atoms with E-state index in [0.717, 1.165) is 54.4 Å². The van der Waals surface area contributed by atoms with Crippen LogP contribution in [0, 0.1) is 35.5 Å². The third kappa shape index (κ3) is 16.4. The van der Waals surface area contributed by atoms with Gasteiger partial charge in [-0.1, -0.05) is 73.0 Å². The molecule has 0 radical (unpaired) electrons. The van der Waals surface area contributed by atoms with Crippen LogP contribution in [-0.4, -0.2) is 60.7 Å². The number of oxime groups is 1. The van der Waals surface area contributed by atoms with Crippen LogP contribution in [0.1, 0.15) is 126 Å². The highest BCUT2D eigenvalue weighted by Crippen LogP contribution is 2.53. The molecule has 0 aliphatic heterocycles. The Balaban J connectivity index is 0. The van der Waals surface area contributed by atoms with E-state index in [-0.39, 0.29) is 30.3 Å². The number of allylic oxidation sites excluding steroid dienone is 2. The lowest BCUT2D eigenvalue weighted by Gasteiger charge is -2.49. The lowest BCUT2D eigenvalue weighted by Crippen LogP contribution is -2.47. The van der Waals surface area contributed by atoms with Crippen LogP contribution in [0.5, 0.6) is 0 Å². The van der Waals surface area contributed by atoms with Gasteiger partial charge in [0.15, 0.2) is 0 Å². The van der Waals surface area contributed by atoms with Crippen LogP contribution in [0.2, 0.25) is 0 Å². The Morgan fingerprint density at radius 3 is 2.35 bits per heavy atom. The summed E-state index contributed by atoms with van der Waals surface area (Å²) in [5.74, 6) is -0.801. The van der Waals surface area contributed by atoms with E-state index >= 15 is 0 Å². The fraction of sp³-hybridized carbons (Fsp3) is 0.744. The van der Waals surface area contributed by atoms with Gasteiger partial charge in [-0.05, 0) is 121 Å². The fourth-order valence-electron chi connectivity index (χ4n) is 6.92. The number of hydrazone groups is 1. The third-order valence-corrected chi connectivity index (χ3v) is 10.8. The zero-order valence-corrected chi connectivity index (χ0v) is 34.2. The molecule has 2 saturated carbocycles. The number of hydrogen-bond acceptors (Lipinski definition) is 8. The molecule has 2 aliphatic carbocycles. The molecule has 284 valence electrons. The maximum Gasteiger partial charge on any atom is 0.201 e. The Hall–Kier alpha value is -1.77. The second kappa shape index (κ2) is 24.4. The van der Waals surface area contributed by atoms with Crippen LogP contribution in [0.3, 0.4) is 0 Å². The number of terminal acetylenes is 1. The van der Waals surface area contributed by atoms with E-state index in [0.29, 0.717) is 18.9 Å². The van der Waals surface area contributed by atoms with Gasteiger partial charge in [-0.15, -0.1) is 24.2 Å². The average molecular weight is 775 g/mol. The topological polar surface area (TPSA) is 75.9 Å². The normalized spacial score (nSPS) is 24.7. The van der Waals surface area contributed by atoms with Gasteiger partial charge in [0.25, 0.3) is 0 Å². The molecule has 0 bridgehead atoms. The molecule has 1 aromatic rings. The molecule has 10 heteroatoms. The predicted octanol–water partition coefficient (Wildman–Crippen LogP) is 11.3. The molecule has 2 aliphatic rings. The zero-order valence-electron chi connectivity index (χ0n) is 31.8. The van der Waals surface area contributed by atoms with Gasteiger partial charge in [0.05, 0.1) is 21.7 Å². The molecule has 0 saturated heterocycles. The van der Waals surface area contributed by atoms with Crippen LogP contribution in [-0.2, 0) is 20.9 Å². The van der Waals surface area contributed by atoms with Crippen molar-refractivity contribution in [2.24, 2.45) is 32.9 Å². The molecule has 3 rings (SSSR count). The summed E-state index contributed by atoms with van der Waals surface area (Å²) in [4.78, 5) is 11.0. The van der Waals surface area contributed by atoms with Crippen molar-refractivity contribution in [2.75, 3.05) is 20.7 Å². The lowest BCUT2D eigenvalue weighted by atomic mass is 9.58. The zero-order chi connectivity index (χ0) is 37.1. The van der Waals surface area contributed by atoms with E-state index in [2.05, 4.69) is 96.8 Å². The SMILES string of the molecule is C.C#C.C/C=N/N(C)C.CC.CCC(/C=C1/CCC(C)C(C(O)CC2(C)CCC[C@H]2OC(C)(C)OF)C1(C)C)=N\OCCc1ccc(Br)s1. The minimum Gasteiger partial charge on any atom is -0.395 e. The van der Waals surface area contributed by atoms with Gasteiger partial charge >= 0.3 is 0 Å². The summed E-state index contributed by atoms with van der Waals surface area (Å²) in [6.07, 6.45) is 18.4. The molecule has 2 fully saturated rings. The van der Waals surface area contributed by atoms with E-state index in [4.69, 9.17) is 9.57 Å². The van der Waals surface area contributed by atoms with Crippen LogP contribution in [0.15, 0.2) is 37.8 Å². The molecule has 5 atom stereocenters. The monoisotopic (exact) mass is 773 g/mol. The first-order valence-electron chi connectivity index (χ1n) is 17.4. The van der Waals surface area contributed by atoms with E-state index in [1.54, 1.807) is 36.4 Å². The number of halogens is 2. The van der Waals surface area contributed by atoms with E-state index < -0.39 is 11.9 Å². The summed E-state index contributed by atoms with van der Waals surface area (Å²) in [6, 6.07) is 4.17. The average Bonchev–Trinajstić information content (AvgIpc) is 3.61. The first-order valence-corrected chi connectivity index (χ1v) is 19.0. The van der Waals surface area contributed by atoms with Gasteiger partial charge in [-0.3, -0.25) is 0 Å². The van der Waals surface area contributed by atoms with Crippen molar-refractivity contribution in [3.63, 3.8) is 0 Å². The first-order chi connectivity index (χ1) is 22.6. The first kappa shape index (κ1) is 49.3. The van der Waals surface area contributed by atoms with Crippen molar-refractivity contribution in [1.29, 1.82) is 0 Å². The Labute approximate surface area is 312 Å². The maximum atomic E-state index is 13.0. The van der Waals surface area contributed by atoms with Crippen molar-refractivity contribution < 1.29 is 24.1 Å². The highest BCUT2D eigenvalue weighted by atomic mass is 79.9. The molecular weight excluding hydrogens is 705 g/mol. The molecule has 49 heavy (non-hydrogen) atoms. The standard InChI is InChI=1S/C30H47BrFNO4S.C4H10N2.C2H6.C2H2.CH4/c1-8-22(33-35-17-15-23-13-14-26(31)38-23)18-21-12-11-20(2)27(28(21,3)4)24(34)19-30(7)16-9-10-25(30)36-29(5,6)37-32;1-4-5-6(2)3;2*1-2;/h13-14,18,20,24-25,27,34H,8-12,15-17,19H2,1-7H3;4H,1-3H3;1-2H3;1-2H;1H4/b21-18-,33-22+;5-4+;;;/t20?,24?,25-,27?,30?;;;;/m1..../s1. The summed E-state index contributed by atoms with van der Waals surface area (Å²) in [7, 11) is 3.78. The van der Waals surface area contributed by atoms with Crippen molar-refractivity contribution in [1.82, 2.24) is 5.01 Å². The minimum absolute atomic E-state index is 0. The molecule has 0 spiro atoms. The van der Waals surface area contributed by atoms with Crippen LogP contribution >= 0.6 is 27.3 Å². The van der Waals surface area contributed by atoms with E-state index in [9.17, 15) is 9.63 Å². The third-order valence-electron chi connectivity index (χ3n) is 9.14. The van der Waals surface area contributed by atoms with Crippen LogP contribution in [0.4, 0.5) is 4.53 Å². The number of thiophene rings is 1.